The average Bonchev–Trinajstić information content (AvgIpc) is 3.69. The number of pyridine rings is 1. The van der Waals surface area contributed by atoms with Gasteiger partial charge < -0.3 is 15.4 Å². The highest BCUT2D eigenvalue weighted by Crippen LogP contribution is 2.68. The molecule has 0 radical (unpaired) electrons. The third kappa shape index (κ3) is 7.61. The number of rotatable bonds is 10. The Morgan fingerprint density at radius 1 is 1.10 bits per heavy atom. The van der Waals surface area contributed by atoms with Crippen LogP contribution in [0.5, 0.6) is 0 Å². The fraction of sp³-hybridized carbons (Fsp3) is 0.368. The monoisotopic (exact) mass is 846 g/mol. The number of amides is 1. The number of fused-ring (bicyclic) bond motifs is 4. The summed E-state index contributed by atoms with van der Waals surface area (Å²) in [6.07, 6.45) is -2.98. The molecule has 1 unspecified atom stereocenters. The van der Waals surface area contributed by atoms with Gasteiger partial charge in [-0.2, -0.15) is 19.0 Å². The third-order valence-corrected chi connectivity index (χ3v) is 11.1. The number of carbonyl (C=O) groups excluding carboxylic acids is 1. The maximum absolute atomic E-state index is 15.4. The van der Waals surface area contributed by atoms with Gasteiger partial charge in [0.1, 0.15) is 41.4 Å². The van der Waals surface area contributed by atoms with Gasteiger partial charge in [0.25, 0.3) is 12.3 Å². The van der Waals surface area contributed by atoms with E-state index in [0.717, 1.165) is 18.4 Å². The zero-order valence-electron chi connectivity index (χ0n) is 30.6. The van der Waals surface area contributed by atoms with E-state index in [-0.39, 0.29) is 51.6 Å². The number of morpholine rings is 1. The number of anilines is 1. The van der Waals surface area contributed by atoms with E-state index < -0.39 is 81.8 Å². The van der Waals surface area contributed by atoms with Crippen molar-refractivity contribution in [2.75, 3.05) is 30.7 Å². The van der Waals surface area contributed by atoms with E-state index in [4.69, 9.17) is 21.3 Å². The van der Waals surface area contributed by atoms with Crippen LogP contribution in [0.15, 0.2) is 42.5 Å². The number of ether oxygens (including phenoxy) is 1. The predicted octanol–water partition coefficient (Wildman–Crippen LogP) is 5.72. The SMILES string of the molecule is Cn1nc(NS(C)(=O)=O)c2c(Cl)ccc(-c3ccc(C#CC4CNCCO4)nc3[C@H](Cc3cc(F)cc(F)c3)NC(=O)Cn3nc(C(F)F)c4c3C(F)(F)[C@@H]3C[C@H]43)c21. The predicted molar refractivity (Wildman–Crippen MR) is 200 cm³/mol. The van der Waals surface area contributed by atoms with Gasteiger partial charge in [-0.3, -0.25) is 18.9 Å². The largest absolute Gasteiger partial charge is 0.363 e. The molecule has 20 heteroatoms. The Hall–Kier alpha value is -5.16. The molecule has 1 amide bonds. The molecule has 8 rings (SSSR count). The van der Waals surface area contributed by atoms with E-state index in [1.807, 2.05) is 0 Å². The lowest BCUT2D eigenvalue weighted by atomic mass is 9.93. The van der Waals surface area contributed by atoms with Crippen LogP contribution in [0.3, 0.4) is 0 Å². The van der Waals surface area contributed by atoms with Crippen LogP contribution in [0.4, 0.5) is 32.2 Å². The quantitative estimate of drug-likeness (QED) is 0.120. The van der Waals surface area contributed by atoms with Gasteiger partial charge in [-0.25, -0.2) is 31.0 Å². The Morgan fingerprint density at radius 2 is 1.84 bits per heavy atom. The molecular formula is C38H33ClF6N8O4S. The van der Waals surface area contributed by atoms with E-state index >= 15 is 8.78 Å². The molecule has 0 spiro atoms. The number of hydrogen-bond donors (Lipinski definition) is 3. The van der Waals surface area contributed by atoms with Gasteiger partial charge in [-0.15, -0.1) is 0 Å². The number of benzene rings is 2. The number of carbonyl (C=O) groups is 1. The average molecular weight is 847 g/mol. The van der Waals surface area contributed by atoms with Crippen molar-refractivity contribution in [3.05, 3.63) is 93.0 Å². The molecule has 2 aromatic carbocycles. The van der Waals surface area contributed by atoms with Crippen molar-refractivity contribution >= 4 is 44.3 Å². The summed E-state index contributed by atoms with van der Waals surface area (Å²) >= 11 is 6.61. The fourth-order valence-electron chi connectivity index (χ4n) is 7.83. The van der Waals surface area contributed by atoms with Crippen LogP contribution < -0.4 is 15.4 Å². The van der Waals surface area contributed by atoms with Gasteiger partial charge in [0.2, 0.25) is 15.9 Å². The normalized spacial score (nSPS) is 20.0. The summed E-state index contributed by atoms with van der Waals surface area (Å²) in [5.41, 5.74) is -0.421. The number of aromatic nitrogens is 5. The van der Waals surface area contributed by atoms with Crippen molar-refractivity contribution < 1.29 is 44.3 Å². The third-order valence-electron chi connectivity index (χ3n) is 10.2. The second-order valence-electron chi connectivity index (χ2n) is 14.4. The highest BCUT2D eigenvalue weighted by atomic mass is 35.5. The van der Waals surface area contributed by atoms with E-state index in [2.05, 4.69) is 37.4 Å². The van der Waals surface area contributed by atoms with Crippen LogP contribution in [-0.2, 0) is 45.5 Å². The van der Waals surface area contributed by atoms with Gasteiger partial charge in [0.15, 0.2) is 5.82 Å². The maximum atomic E-state index is 15.4. The van der Waals surface area contributed by atoms with Crippen molar-refractivity contribution in [2.24, 2.45) is 13.0 Å². The molecular weight excluding hydrogens is 814 g/mol. The molecule has 3 aromatic heterocycles. The number of aryl methyl sites for hydroxylation is 1. The van der Waals surface area contributed by atoms with E-state index in [1.165, 1.54) is 10.7 Å². The lowest BCUT2D eigenvalue weighted by Gasteiger charge is -2.23. The summed E-state index contributed by atoms with van der Waals surface area (Å²) in [4.78, 5) is 18.8. The topological polar surface area (TPSA) is 145 Å². The molecule has 304 valence electrons. The molecule has 1 aliphatic heterocycles. The Morgan fingerprint density at radius 3 is 2.53 bits per heavy atom. The van der Waals surface area contributed by atoms with Crippen molar-refractivity contribution in [3.8, 4) is 23.0 Å². The molecule has 5 aromatic rings. The minimum atomic E-state index is -3.82. The first kappa shape index (κ1) is 39.7. The summed E-state index contributed by atoms with van der Waals surface area (Å²) in [5, 5.41) is 14.4. The van der Waals surface area contributed by atoms with Crippen molar-refractivity contribution in [3.63, 3.8) is 0 Å². The van der Waals surface area contributed by atoms with Gasteiger partial charge in [0.05, 0.1) is 40.5 Å². The molecule has 3 aliphatic rings. The summed E-state index contributed by atoms with van der Waals surface area (Å²) in [5.74, 6) is -2.33. The first-order valence-electron chi connectivity index (χ1n) is 18.0. The minimum absolute atomic E-state index is 0.0292. The van der Waals surface area contributed by atoms with Gasteiger partial charge in [-0.1, -0.05) is 23.6 Å². The smallest absolute Gasteiger partial charge is 0.293 e. The standard InChI is InChI=1S/C38H33ClF6N8O4S/c1-52-34-24(7-8-27(39)31(34)37(50-52)51-58(2,55)56)23-6-4-21(3-5-22-16-46-9-10-57-22)47-32(23)28(13-18-11-19(40)14-20(41)12-18)48-29(54)17-53-35-30(33(49-53)36(42)43)25-15-26(25)38(35,44)45/h4,6-8,11-12,14,22,25-26,28,36,46H,9-10,13,15-17H2,1-2H3,(H,48,54)(H,50,51)/t22?,25-,26+,28-/m0/s1. The minimum Gasteiger partial charge on any atom is -0.363 e. The zero-order chi connectivity index (χ0) is 41.3. The van der Waals surface area contributed by atoms with E-state index in [0.29, 0.717) is 47.1 Å². The number of hydrogen-bond acceptors (Lipinski definition) is 8. The number of alkyl halides is 4. The highest BCUT2D eigenvalue weighted by molar-refractivity contribution is 7.92. The van der Waals surface area contributed by atoms with Crippen LogP contribution >= 0.6 is 11.6 Å². The molecule has 1 saturated carbocycles. The summed E-state index contributed by atoms with van der Waals surface area (Å²) in [7, 11) is -2.27. The van der Waals surface area contributed by atoms with Crippen LogP contribution in [0.1, 0.15) is 58.7 Å². The first-order valence-corrected chi connectivity index (χ1v) is 20.2. The summed E-state index contributed by atoms with van der Waals surface area (Å²) < 4.78 is 123. The molecule has 2 aliphatic carbocycles. The number of halogens is 7. The van der Waals surface area contributed by atoms with Crippen LogP contribution in [0.2, 0.25) is 5.02 Å². The Kier molecular flexibility index (Phi) is 10.2. The van der Waals surface area contributed by atoms with Gasteiger partial charge in [0, 0.05) is 48.8 Å². The van der Waals surface area contributed by atoms with E-state index in [1.54, 1.807) is 25.2 Å². The zero-order valence-corrected chi connectivity index (χ0v) is 32.2. The Labute approximate surface area is 332 Å². The maximum Gasteiger partial charge on any atom is 0.293 e. The second kappa shape index (κ2) is 14.9. The second-order valence-corrected chi connectivity index (χ2v) is 16.6. The van der Waals surface area contributed by atoms with Crippen molar-refractivity contribution in [2.45, 2.75) is 49.8 Å². The van der Waals surface area contributed by atoms with Crippen LogP contribution in [0, 0.1) is 29.4 Å². The van der Waals surface area contributed by atoms with Crippen LogP contribution in [-0.4, -0.2) is 70.9 Å². The molecule has 58 heavy (non-hydrogen) atoms. The van der Waals surface area contributed by atoms with E-state index in [9.17, 15) is 30.8 Å². The number of sulfonamides is 1. The summed E-state index contributed by atoms with van der Waals surface area (Å²) in [6, 6.07) is 7.80. The van der Waals surface area contributed by atoms with Gasteiger partial charge in [-0.05, 0) is 60.6 Å². The molecule has 3 N–H and O–H groups in total. The van der Waals surface area contributed by atoms with Crippen LogP contribution in [0.25, 0.3) is 22.0 Å². The lowest BCUT2D eigenvalue weighted by Crippen LogP contribution is -2.37. The highest BCUT2D eigenvalue weighted by Gasteiger charge is 2.67. The van der Waals surface area contributed by atoms with Crippen molar-refractivity contribution in [1.82, 2.24) is 35.2 Å². The number of nitrogens with one attached hydrogen (secondary N) is 3. The molecule has 0 bridgehead atoms. The number of nitrogens with zero attached hydrogens (tertiary/aromatic N) is 5. The fourth-order valence-corrected chi connectivity index (χ4v) is 8.56. The molecule has 2 fully saturated rings. The molecule has 12 nitrogen and oxygen atoms in total. The molecule has 1 saturated heterocycles. The Bertz CT molecular complexity index is 2640. The molecule has 4 atom stereocenters. The molecule has 4 heterocycles. The Balaban J connectivity index is 1.26. The van der Waals surface area contributed by atoms with Gasteiger partial charge >= 0.3 is 0 Å². The summed E-state index contributed by atoms with van der Waals surface area (Å²) in [6.45, 7) is 0.617. The first-order chi connectivity index (χ1) is 27.5. The lowest BCUT2D eigenvalue weighted by molar-refractivity contribution is -0.123. The van der Waals surface area contributed by atoms with Crippen molar-refractivity contribution in [1.29, 1.82) is 0 Å².